The highest BCUT2D eigenvalue weighted by Gasteiger charge is 2.29. The molecule has 6 heteroatoms. The molecule has 0 fully saturated rings. The molecule has 0 bridgehead atoms. The normalized spacial score (nSPS) is 13.2. The molecule has 158 valence electrons. The minimum absolute atomic E-state index is 0.0642. The van der Waals surface area contributed by atoms with Crippen LogP contribution in [0.3, 0.4) is 0 Å². The predicted molar refractivity (Wildman–Crippen MR) is 117 cm³/mol. The lowest BCUT2D eigenvalue weighted by atomic mass is 9.98. The van der Waals surface area contributed by atoms with Gasteiger partial charge in [-0.2, -0.15) is 0 Å². The fraction of sp³-hybridized carbons (Fsp3) is 0.200. The van der Waals surface area contributed by atoms with Gasteiger partial charge in [-0.3, -0.25) is 0 Å². The van der Waals surface area contributed by atoms with Gasteiger partial charge in [0.15, 0.2) is 0 Å². The second kappa shape index (κ2) is 9.23. The lowest BCUT2D eigenvalue weighted by Crippen LogP contribution is -2.41. The first-order valence-electron chi connectivity index (χ1n) is 10.1. The van der Waals surface area contributed by atoms with E-state index >= 15 is 0 Å². The van der Waals surface area contributed by atoms with E-state index < -0.39 is 18.1 Å². The summed E-state index contributed by atoms with van der Waals surface area (Å²) in [6.07, 6.45) is -0.676. The van der Waals surface area contributed by atoms with Crippen LogP contribution < -0.4 is 10.4 Å². The van der Waals surface area contributed by atoms with Crippen LogP contribution in [0.25, 0.3) is 11.1 Å². The topological polar surface area (TPSA) is 78.5 Å². The Labute approximate surface area is 185 Å². The van der Waals surface area contributed by atoms with Crippen molar-refractivity contribution < 1.29 is 19.4 Å². The highest BCUT2D eigenvalue weighted by molar-refractivity contribution is 6.30. The van der Waals surface area contributed by atoms with Crippen molar-refractivity contribution in [2.75, 3.05) is 6.61 Å². The van der Waals surface area contributed by atoms with Crippen LogP contribution in [-0.4, -0.2) is 24.7 Å². The van der Waals surface area contributed by atoms with Crippen molar-refractivity contribution in [1.82, 2.24) is 5.32 Å². The molecule has 0 aliphatic heterocycles. The van der Waals surface area contributed by atoms with Crippen molar-refractivity contribution in [3.05, 3.63) is 94.5 Å². The summed E-state index contributed by atoms with van der Waals surface area (Å²) < 4.78 is 5.52. The van der Waals surface area contributed by atoms with Gasteiger partial charge in [-0.05, 0) is 46.4 Å². The Morgan fingerprint density at radius 3 is 2.23 bits per heavy atom. The zero-order valence-corrected chi connectivity index (χ0v) is 17.5. The van der Waals surface area contributed by atoms with Gasteiger partial charge in [0.1, 0.15) is 6.61 Å². The van der Waals surface area contributed by atoms with Crippen LogP contribution in [0.1, 0.15) is 29.0 Å². The zero-order chi connectivity index (χ0) is 21.8. The first-order chi connectivity index (χ1) is 15.0. The molecule has 0 aromatic heterocycles. The van der Waals surface area contributed by atoms with Crippen LogP contribution in [0.2, 0.25) is 5.02 Å². The molecule has 31 heavy (non-hydrogen) atoms. The average molecular weight is 435 g/mol. The van der Waals surface area contributed by atoms with Crippen LogP contribution in [0.15, 0.2) is 72.8 Å². The van der Waals surface area contributed by atoms with Crippen molar-refractivity contribution in [1.29, 1.82) is 0 Å². The number of hydrogen-bond acceptors (Lipinski definition) is 4. The van der Waals surface area contributed by atoms with E-state index in [4.69, 9.17) is 16.3 Å². The molecule has 0 spiro atoms. The van der Waals surface area contributed by atoms with Crippen molar-refractivity contribution >= 4 is 23.7 Å². The molecule has 1 aliphatic carbocycles. The molecule has 0 radical (unpaired) electrons. The SMILES string of the molecule is O=C([O-])C[C@@H](Cc1cccc(Cl)c1)NC(=O)OCC1c2ccccc2-c2ccccc21. The molecule has 0 heterocycles. The number of halogens is 1. The van der Waals surface area contributed by atoms with Gasteiger partial charge < -0.3 is 20.0 Å². The van der Waals surface area contributed by atoms with E-state index in [1.807, 2.05) is 42.5 Å². The number of ether oxygens (including phenoxy) is 1. The van der Waals surface area contributed by atoms with E-state index in [2.05, 4.69) is 17.4 Å². The second-order valence-corrected chi connectivity index (χ2v) is 8.01. The highest BCUT2D eigenvalue weighted by atomic mass is 35.5. The molecular weight excluding hydrogens is 414 g/mol. The molecule has 0 unspecified atom stereocenters. The number of hydrogen-bond donors (Lipinski definition) is 1. The van der Waals surface area contributed by atoms with Crippen molar-refractivity contribution in [2.45, 2.75) is 24.8 Å². The zero-order valence-electron chi connectivity index (χ0n) is 16.7. The Balaban J connectivity index is 1.43. The maximum atomic E-state index is 12.5. The van der Waals surface area contributed by atoms with Crippen molar-refractivity contribution in [2.24, 2.45) is 0 Å². The summed E-state index contributed by atoms with van der Waals surface area (Å²) in [5.41, 5.74) is 5.33. The molecule has 1 atom stereocenters. The van der Waals surface area contributed by atoms with Crippen LogP contribution >= 0.6 is 11.6 Å². The minimum atomic E-state index is -1.24. The van der Waals surface area contributed by atoms with Gasteiger partial charge >= 0.3 is 6.09 Å². The third-order valence-electron chi connectivity index (χ3n) is 5.45. The van der Waals surface area contributed by atoms with Gasteiger partial charge in [-0.25, -0.2) is 4.79 Å². The van der Waals surface area contributed by atoms with E-state index in [9.17, 15) is 14.7 Å². The molecule has 0 saturated heterocycles. The summed E-state index contributed by atoms with van der Waals surface area (Å²) >= 11 is 6.00. The molecular formula is C25H21ClNO4-. The number of carbonyl (C=O) groups excluding carboxylic acids is 2. The van der Waals surface area contributed by atoms with Gasteiger partial charge in [-0.1, -0.05) is 72.3 Å². The predicted octanol–water partition coefficient (Wildman–Crippen LogP) is 3.93. The largest absolute Gasteiger partial charge is 0.550 e. The number of aliphatic carboxylic acids is 1. The number of benzene rings is 3. The first-order valence-corrected chi connectivity index (χ1v) is 10.4. The van der Waals surface area contributed by atoms with Gasteiger partial charge in [0, 0.05) is 29.4 Å². The van der Waals surface area contributed by atoms with Crippen LogP contribution in [0.5, 0.6) is 0 Å². The number of carboxylic acid groups (broad SMARTS) is 1. The number of carboxylic acids is 1. The number of rotatable bonds is 7. The minimum Gasteiger partial charge on any atom is -0.550 e. The molecule has 4 rings (SSSR count). The molecule has 1 N–H and O–H groups in total. The monoisotopic (exact) mass is 434 g/mol. The summed E-state index contributed by atoms with van der Waals surface area (Å²) in [6, 6.07) is 22.5. The summed E-state index contributed by atoms with van der Waals surface area (Å²) in [5, 5.41) is 14.4. The van der Waals surface area contributed by atoms with Crippen LogP contribution in [0.4, 0.5) is 4.79 Å². The molecule has 3 aromatic rings. The quantitative estimate of drug-likeness (QED) is 0.611. The van der Waals surface area contributed by atoms with Crippen LogP contribution in [-0.2, 0) is 16.0 Å². The standard InChI is InChI=1S/C25H22ClNO4/c26-17-7-5-6-16(12-17)13-18(14-24(28)29)27-25(30)31-15-23-21-10-3-1-8-19(21)20-9-2-4-11-22(20)23/h1-12,18,23H,13-15H2,(H,27,30)(H,28,29)/p-1/t18-/m1/s1. The summed E-state index contributed by atoms with van der Waals surface area (Å²) in [4.78, 5) is 23.7. The van der Waals surface area contributed by atoms with Crippen molar-refractivity contribution in [3.63, 3.8) is 0 Å². The second-order valence-electron chi connectivity index (χ2n) is 7.58. The molecule has 0 saturated carbocycles. The van der Waals surface area contributed by atoms with Crippen molar-refractivity contribution in [3.8, 4) is 11.1 Å². The smallest absolute Gasteiger partial charge is 0.407 e. The number of amides is 1. The Kier molecular flexibility index (Phi) is 6.23. The first kappa shape index (κ1) is 20.9. The van der Waals surface area contributed by atoms with Gasteiger partial charge in [0.2, 0.25) is 0 Å². The Hall–Kier alpha value is -3.31. The van der Waals surface area contributed by atoms with Gasteiger partial charge in [0.05, 0.1) is 0 Å². The molecule has 3 aromatic carbocycles. The third-order valence-corrected chi connectivity index (χ3v) is 5.68. The van der Waals surface area contributed by atoms with E-state index in [1.165, 1.54) is 0 Å². The fourth-order valence-electron chi connectivity index (χ4n) is 4.13. The van der Waals surface area contributed by atoms with Crippen LogP contribution in [0, 0.1) is 0 Å². The average Bonchev–Trinajstić information content (AvgIpc) is 3.06. The fourth-order valence-corrected chi connectivity index (χ4v) is 4.34. The van der Waals surface area contributed by atoms with E-state index in [0.717, 1.165) is 27.8 Å². The van der Waals surface area contributed by atoms with E-state index in [0.29, 0.717) is 11.4 Å². The maximum Gasteiger partial charge on any atom is 0.407 e. The molecule has 1 amide bonds. The summed E-state index contributed by atoms with van der Waals surface area (Å²) in [6.45, 7) is 0.162. The molecule has 1 aliphatic rings. The van der Waals surface area contributed by atoms with E-state index in [-0.39, 0.29) is 18.9 Å². The lowest BCUT2D eigenvalue weighted by molar-refractivity contribution is -0.306. The number of carbonyl (C=O) groups is 2. The number of fused-ring (bicyclic) bond motifs is 3. The van der Waals surface area contributed by atoms with Gasteiger partial charge in [-0.15, -0.1) is 0 Å². The number of nitrogens with one attached hydrogen (secondary N) is 1. The third kappa shape index (κ3) is 4.89. The summed E-state index contributed by atoms with van der Waals surface area (Å²) in [7, 11) is 0. The lowest BCUT2D eigenvalue weighted by Gasteiger charge is -2.20. The maximum absolute atomic E-state index is 12.5. The Morgan fingerprint density at radius 1 is 0.968 bits per heavy atom. The van der Waals surface area contributed by atoms with E-state index in [1.54, 1.807) is 18.2 Å². The highest BCUT2D eigenvalue weighted by Crippen LogP contribution is 2.44. The summed E-state index contributed by atoms with van der Waals surface area (Å²) in [5.74, 6) is -1.31. The number of alkyl carbamates (subject to hydrolysis) is 1. The Morgan fingerprint density at radius 2 is 1.61 bits per heavy atom. The Bertz CT molecular complexity index is 1070. The molecule has 5 nitrogen and oxygen atoms in total. The van der Waals surface area contributed by atoms with Gasteiger partial charge in [0.25, 0.3) is 0 Å².